The van der Waals surface area contributed by atoms with E-state index in [-0.39, 0.29) is 17.9 Å². The van der Waals surface area contributed by atoms with Gasteiger partial charge < -0.3 is 10.8 Å². The van der Waals surface area contributed by atoms with Gasteiger partial charge in [-0.05, 0) is 12.1 Å². The van der Waals surface area contributed by atoms with E-state index in [0.29, 0.717) is 5.69 Å². The molecule has 0 saturated heterocycles. The molecular weight excluding hydrogens is 184 g/mol. The first-order valence-electron chi connectivity index (χ1n) is 3.79. The highest BCUT2D eigenvalue weighted by Gasteiger charge is 2.11. The van der Waals surface area contributed by atoms with E-state index in [2.05, 4.69) is 11.8 Å². The van der Waals surface area contributed by atoms with Gasteiger partial charge in [-0.3, -0.25) is 10.1 Å². The van der Waals surface area contributed by atoms with Crippen molar-refractivity contribution < 1.29 is 10.0 Å². The van der Waals surface area contributed by atoms with Crippen molar-refractivity contribution in [2.75, 3.05) is 12.3 Å². The van der Waals surface area contributed by atoms with E-state index < -0.39 is 4.92 Å². The lowest BCUT2D eigenvalue weighted by atomic mass is 10.1. The molecule has 0 radical (unpaired) electrons. The molecule has 14 heavy (non-hydrogen) atoms. The molecule has 0 unspecified atom stereocenters. The van der Waals surface area contributed by atoms with Crippen LogP contribution in [0.1, 0.15) is 5.56 Å². The van der Waals surface area contributed by atoms with Crippen molar-refractivity contribution in [3.05, 3.63) is 33.9 Å². The second-order valence-electron chi connectivity index (χ2n) is 2.49. The third-order valence-corrected chi connectivity index (χ3v) is 1.52. The Morgan fingerprint density at radius 1 is 1.57 bits per heavy atom. The fourth-order valence-corrected chi connectivity index (χ4v) is 0.940. The molecule has 0 spiro atoms. The first-order chi connectivity index (χ1) is 6.65. The summed E-state index contributed by atoms with van der Waals surface area (Å²) in [5.41, 5.74) is 5.80. The SMILES string of the molecule is Nc1ccc(C#CCO)c([N+](=O)[O-])c1. The monoisotopic (exact) mass is 192 g/mol. The third kappa shape index (κ3) is 2.21. The molecule has 0 atom stereocenters. The predicted molar refractivity (Wildman–Crippen MR) is 51.5 cm³/mol. The summed E-state index contributed by atoms with van der Waals surface area (Å²) in [6.07, 6.45) is 0. The number of aliphatic hydroxyl groups excluding tert-OH is 1. The molecule has 5 heteroatoms. The van der Waals surface area contributed by atoms with E-state index in [0.717, 1.165) is 0 Å². The van der Waals surface area contributed by atoms with Crippen molar-refractivity contribution in [3.8, 4) is 11.8 Å². The standard InChI is InChI=1S/C9H8N2O3/c10-8-4-3-7(2-1-5-12)9(6-8)11(13)14/h3-4,6,12H,5,10H2. The number of benzene rings is 1. The van der Waals surface area contributed by atoms with Crippen LogP contribution in [0.4, 0.5) is 11.4 Å². The topological polar surface area (TPSA) is 89.4 Å². The molecule has 5 nitrogen and oxygen atoms in total. The van der Waals surface area contributed by atoms with Crippen LogP contribution in [0, 0.1) is 22.0 Å². The van der Waals surface area contributed by atoms with Crippen molar-refractivity contribution in [1.82, 2.24) is 0 Å². The molecule has 0 amide bonds. The minimum Gasteiger partial charge on any atom is -0.399 e. The van der Waals surface area contributed by atoms with Gasteiger partial charge in [0.1, 0.15) is 12.2 Å². The molecule has 0 fully saturated rings. The maximum atomic E-state index is 10.6. The summed E-state index contributed by atoms with van der Waals surface area (Å²) in [5.74, 6) is 4.81. The first-order valence-corrected chi connectivity index (χ1v) is 3.79. The van der Waals surface area contributed by atoms with Crippen LogP contribution in [0.2, 0.25) is 0 Å². The Labute approximate surface area is 80.3 Å². The quantitative estimate of drug-likeness (QED) is 0.294. The number of hydrogen-bond acceptors (Lipinski definition) is 4. The maximum absolute atomic E-state index is 10.6. The van der Waals surface area contributed by atoms with Crippen LogP contribution in [0.15, 0.2) is 18.2 Å². The second-order valence-corrected chi connectivity index (χ2v) is 2.49. The van der Waals surface area contributed by atoms with Crippen molar-refractivity contribution in [2.24, 2.45) is 0 Å². The summed E-state index contributed by atoms with van der Waals surface area (Å²) in [5, 5.41) is 19.0. The largest absolute Gasteiger partial charge is 0.399 e. The lowest BCUT2D eigenvalue weighted by Gasteiger charge is -1.96. The number of anilines is 1. The van der Waals surface area contributed by atoms with E-state index in [9.17, 15) is 10.1 Å². The van der Waals surface area contributed by atoms with E-state index in [4.69, 9.17) is 10.8 Å². The molecule has 72 valence electrons. The molecule has 1 aromatic carbocycles. The molecular formula is C9H8N2O3. The summed E-state index contributed by atoms with van der Waals surface area (Å²) in [7, 11) is 0. The first kappa shape index (κ1) is 10.0. The second kappa shape index (κ2) is 4.25. The summed E-state index contributed by atoms with van der Waals surface area (Å²) in [6, 6.07) is 4.21. The maximum Gasteiger partial charge on any atom is 0.286 e. The van der Waals surface area contributed by atoms with Crippen molar-refractivity contribution in [3.63, 3.8) is 0 Å². The predicted octanol–water partition coefficient (Wildman–Crippen LogP) is 0.521. The fourth-order valence-electron chi connectivity index (χ4n) is 0.940. The van der Waals surface area contributed by atoms with Crippen LogP contribution in [0.3, 0.4) is 0 Å². The van der Waals surface area contributed by atoms with Gasteiger partial charge in [0.25, 0.3) is 5.69 Å². The molecule has 1 aromatic rings. The van der Waals surface area contributed by atoms with E-state index in [1.165, 1.54) is 18.2 Å². The smallest absolute Gasteiger partial charge is 0.286 e. The van der Waals surface area contributed by atoms with Crippen molar-refractivity contribution in [1.29, 1.82) is 0 Å². The van der Waals surface area contributed by atoms with Crippen LogP contribution in [0.5, 0.6) is 0 Å². The summed E-state index contributed by atoms with van der Waals surface area (Å²) in [4.78, 5) is 10.00. The molecule has 0 aliphatic heterocycles. The zero-order chi connectivity index (χ0) is 10.6. The Kier molecular flexibility index (Phi) is 3.05. The number of nitro groups is 1. The van der Waals surface area contributed by atoms with Crippen LogP contribution in [-0.2, 0) is 0 Å². The molecule has 0 aliphatic rings. The van der Waals surface area contributed by atoms with Crippen LogP contribution in [0.25, 0.3) is 0 Å². The van der Waals surface area contributed by atoms with Gasteiger partial charge in [0.15, 0.2) is 0 Å². The zero-order valence-electron chi connectivity index (χ0n) is 7.23. The minimum atomic E-state index is -0.558. The third-order valence-electron chi connectivity index (χ3n) is 1.52. The van der Waals surface area contributed by atoms with E-state index >= 15 is 0 Å². The highest BCUT2D eigenvalue weighted by atomic mass is 16.6. The summed E-state index contributed by atoms with van der Waals surface area (Å²) >= 11 is 0. The van der Waals surface area contributed by atoms with Crippen molar-refractivity contribution in [2.45, 2.75) is 0 Å². The average Bonchev–Trinajstić information content (AvgIpc) is 2.15. The minimum absolute atomic E-state index is 0.147. The highest BCUT2D eigenvalue weighted by molar-refractivity contribution is 5.58. The molecule has 0 heterocycles. The summed E-state index contributed by atoms with van der Waals surface area (Å²) < 4.78 is 0. The molecule has 0 bridgehead atoms. The molecule has 1 rings (SSSR count). The normalized spacial score (nSPS) is 8.93. The fraction of sp³-hybridized carbons (Fsp3) is 0.111. The van der Waals surface area contributed by atoms with Gasteiger partial charge >= 0.3 is 0 Å². The molecule has 0 saturated carbocycles. The zero-order valence-corrected chi connectivity index (χ0v) is 7.23. The highest BCUT2D eigenvalue weighted by Crippen LogP contribution is 2.20. The summed E-state index contributed by atoms with van der Waals surface area (Å²) in [6.45, 7) is -0.332. The Morgan fingerprint density at radius 3 is 2.86 bits per heavy atom. The Morgan fingerprint density at radius 2 is 2.29 bits per heavy atom. The Hall–Kier alpha value is -2.06. The lowest BCUT2D eigenvalue weighted by molar-refractivity contribution is -0.385. The van der Waals surface area contributed by atoms with Gasteiger partial charge in [-0.1, -0.05) is 11.8 Å². The van der Waals surface area contributed by atoms with E-state index in [1.54, 1.807) is 0 Å². The molecule has 3 N–H and O–H groups in total. The number of aliphatic hydroxyl groups is 1. The lowest BCUT2D eigenvalue weighted by Crippen LogP contribution is -1.94. The number of nitrogens with zero attached hydrogens (tertiary/aromatic N) is 1. The average molecular weight is 192 g/mol. The van der Waals surface area contributed by atoms with Crippen LogP contribution in [-0.4, -0.2) is 16.6 Å². The molecule has 0 aliphatic carbocycles. The van der Waals surface area contributed by atoms with Gasteiger partial charge in [0.2, 0.25) is 0 Å². The van der Waals surface area contributed by atoms with Gasteiger partial charge in [-0.15, -0.1) is 0 Å². The van der Waals surface area contributed by atoms with Gasteiger partial charge in [-0.2, -0.15) is 0 Å². The van der Waals surface area contributed by atoms with Gasteiger partial charge in [0.05, 0.1) is 4.92 Å². The van der Waals surface area contributed by atoms with Crippen molar-refractivity contribution >= 4 is 11.4 Å². The molecule has 0 aromatic heterocycles. The Balaban J connectivity index is 3.22. The number of nitrogens with two attached hydrogens (primary N) is 1. The van der Waals surface area contributed by atoms with Gasteiger partial charge in [0, 0.05) is 11.8 Å². The number of rotatable bonds is 1. The number of hydrogen-bond donors (Lipinski definition) is 2. The van der Waals surface area contributed by atoms with E-state index in [1.807, 2.05) is 0 Å². The Bertz CT molecular complexity index is 418. The van der Waals surface area contributed by atoms with Gasteiger partial charge in [-0.25, -0.2) is 0 Å². The number of nitro benzene ring substituents is 1. The van der Waals surface area contributed by atoms with Crippen LogP contribution < -0.4 is 5.73 Å². The number of nitrogen functional groups attached to an aromatic ring is 1. The van der Waals surface area contributed by atoms with Crippen LogP contribution >= 0.6 is 0 Å².